The summed E-state index contributed by atoms with van der Waals surface area (Å²) in [7, 11) is -3.22. The number of hydrogen-bond acceptors (Lipinski definition) is 4. The number of sulfonamides is 1. The molecule has 1 saturated heterocycles. The molecular weight excluding hydrogens is 390 g/mol. The molecule has 29 heavy (non-hydrogen) atoms. The summed E-state index contributed by atoms with van der Waals surface area (Å²) in [6.45, 7) is 7.97. The molecule has 1 aliphatic heterocycles. The summed E-state index contributed by atoms with van der Waals surface area (Å²) < 4.78 is 26.3. The largest absolute Gasteiger partial charge is 0.341 e. The van der Waals surface area contributed by atoms with Crippen LogP contribution in [0.15, 0.2) is 0 Å². The first-order valence-electron chi connectivity index (χ1n) is 11.4. The van der Waals surface area contributed by atoms with Crippen LogP contribution < -0.4 is 5.32 Å². The average Bonchev–Trinajstić information content (AvgIpc) is 2.73. The van der Waals surface area contributed by atoms with Gasteiger partial charge >= 0.3 is 0 Å². The van der Waals surface area contributed by atoms with Gasteiger partial charge in [0, 0.05) is 32.1 Å². The Hall–Kier alpha value is -1.15. The summed E-state index contributed by atoms with van der Waals surface area (Å²) >= 11 is 0. The van der Waals surface area contributed by atoms with Gasteiger partial charge in [0.25, 0.3) is 0 Å². The predicted octanol–water partition coefficient (Wildman–Crippen LogP) is 2.52. The van der Waals surface area contributed by atoms with Crippen LogP contribution in [0, 0.1) is 5.92 Å². The average molecular weight is 430 g/mol. The number of hydrogen-bond donors (Lipinski definition) is 1. The monoisotopic (exact) mass is 429 g/mol. The molecule has 2 rings (SSSR count). The molecular formula is C21H39N3O4S. The lowest BCUT2D eigenvalue weighted by Gasteiger charge is -2.41. The van der Waals surface area contributed by atoms with Crippen LogP contribution in [0.5, 0.6) is 0 Å². The number of piperidine rings is 1. The van der Waals surface area contributed by atoms with E-state index in [2.05, 4.69) is 5.32 Å². The maximum atomic E-state index is 13.2. The zero-order chi connectivity index (χ0) is 21.5. The molecule has 0 aromatic rings. The summed E-state index contributed by atoms with van der Waals surface area (Å²) in [4.78, 5) is 28.1. The molecule has 0 bridgehead atoms. The van der Waals surface area contributed by atoms with E-state index in [4.69, 9.17) is 0 Å². The van der Waals surface area contributed by atoms with Crippen LogP contribution in [0.4, 0.5) is 0 Å². The van der Waals surface area contributed by atoms with Crippen molar-refractivity contribution >= 4 is 21.8 Å². The first-order chi connectivity index (χ1) is 13.8. The standard InChI is InChI=1S/C21H39N3O4S/c1-4-7-17-29(27,28)24-15-11-18(12-16-24)19(25)22-21(13-9-8-10-14-21)20(26)23(5-2)6-3/h18H,4-17H2,1-3H3,(H,22,25). The van der Waals surface area contributed by atoms with Gasteiger partial charge in [0.1, 0.15) is 5.54 Å². The maximum Gasteiger partial charge on any atom is 0.248 e. The highest BCUT2D eigenvalue weighted by Crippen LogP contribution is 2.31. The quantitative estimate of drug-likeness (QED) is 0.610. The maximum absolute atomic E-state index is 13.2. The molecule has 8 heteroatoms. The van der Waals surface area contributed by atoms with Crippen molar-refractivity contribution in [3.05, 3.63) is 0 Å². The van der Waals surface area contributed by atoms with Gasteiger partial charge in [-0.05, 0) is 46.0 Å². The minimum absolute atomic E-state index is 0.0372. The van der Waals surface area contributed by atoms with Gasteiger partial charge in [-0.25, -0.2) is 12.7 Å². The van der Waals surface area contributed by atoms with Gasteiger partial charge in [0.2, 0.25) is 21.8 Å². The van der Waals surface area contributed by atoms with Crippen molar-refractivity contribution < 1.29 is 18.0 Å². The molecule has 0 radical (unpaired) electrons. The van der Waals surface area contributed by atoms with Crippen LogP contribution in [0.1, 0.15) is 78.6 Å². The normalized spacial score (nSPS) is 20.9. The van der Waals surface area contributed by atoms with Crippen molar-refractivity contribution in [2.45, 2.75) is 84.1 Å². The molecule has 168 valence electrons. The number of nitrogens with one attached hydrogen (secondary N) is 1. The number of likely N-dealkylation sites (N-methyl/N-ethyl adjacent to an activating group) is 1. The molecule has 1 N–H and O–H groups in total. The first-order valence-corrected chi connectivity index (χ1v) is 13.0. The third-order valence-electron chi connectivity index (χ3n) is 6.50. The van der Waals surface area contributed by atoms with Crippen LogP contribution in [0.25, 0.3) is 0 Å². The van der Waals surface area contributed by atoms with E-state index in [-0.39, 0.29) is 23.5 Å². The highest BCUT2D eigenvalue weighted by atomic mass is 32.2. The van der Waals surface area contributed by atoms with Crippen molar-refractivity contribution in [2.75, 3.05) is 31.9 Å². The first kappa shape index (κ1) is 24.1. The van der Waals surface area contributed by atoms with Crippen LogP contribution in [-0.2, 0) is 19.6 Å². The Morgan fingerprint density at radius 3 is 2.14 bits per heavy atom. The van der Waals surface area contributed by atoms with Gasteiger partial charge in [-0.2, -0.15) is 0 Å². The van der Waals surface area contributed by atoms with Crippen molar-refractivity contribution in [3.63, 3.8) is 0 Å². The van der Waals surface area contributed by atoms with E-state index in [1.54, 1.807) is 0 Å². The fourth-order valence-electron chi connectivity index (χ4n) is 4.55. The highest BCUT2D eigenvalue weighted by molar-refractivity contribution is 7.89. The Bertz CT molecular complexity index is 647. The van der Waals surface area contributed by atoms with Crippen molar-refractivity contribution in [2.24, 2.45) is 5.92 Å². The molecule has 0 spiro atoms. The smallest absolute Gasteiger partial charge is 0.248 e. The molecule has 0 atom stereocenters. The SMILES string of the molecule is CCCCS(=O)(=O)N1CCC(C(=O)NC2(C(=O)N(CC)CC)CCCCC2)CC1. The molecule has 0 unspecified atom stereocenters. The Morgan fingerprint density at radius 1 is 1.03 bits per heavy atom. The second-order valence-corrected chi connectivity index (χ2v) is 10.5. The lowest BCUT2D eigenvalue weighted by atomic mass is 9.79. The summed E-state index contributed by atoms with van der Waals surface area (Å²) in [5.41, 5.74) is -0.786. The van der Waals surface area contributed by atoms with Gasteiger partial charge in [-0.3, -0.25) is 9.59 Å². The van der Waals surface area contributed by atoms with Crippen LogP contribution in [0.3, 0.4) is 0 Å². The molecule has 7 nitrogen and oxygen atoms in total. The third-order valence-corrected chi connectivity index (χ3v) is 8.46. The lowest BCUT2D eigenvalue weighted by Crippen LogP contribution is -2.61. The number of nitrogens with zero attached hydrogens (tertiary/aromatic N) is 2. The third kappa shape index (κ3) is 5.94. The van der Waals surface area contributed by atoms with Crippen molar-refractivity contribution in [1.82, 2.24) is 14.5 Å². The molecule has 2 amide bonds. The van der Waals surface area contributed by atoms with E-state index in [1.165, 1.54) is 4.31 Å². The van der Waals surface area contributed by atoms with Crippen LogP contribution >= 0.6 is 0 Å². The van der Waals surface area contributed by atoms with Crippen LogP contribution in [-0.4, -0.2) is 66.9 Å². The Labute approximate surface area is 176 Å². The van der Waals surface area contributed by atoms with Gasteiger partial charge in [0.05, 0.1) is 5.75 Å². The van der Waals surface area contributed by atoms with Gasteiger partial charge in [-0.15, -0.1) is 0 Å². The second kappa shape index (κ2) is 10.8. The van der Waals surface area contributed by atoms with E-state index in [9.17, 15) is 18.0 Å². The highest BCUT2D eigenvalue weighted by Gasteiger charge is 2.44. The van der Waals surface area contributed by atoms with Crippen molar-refractivity contribution in [1.29, 1.82) is 0 Å². The zero-order valence-electron chi connectivity index (χ0n) is 18.4. The number of rotatable bonds is 9. The fourth-order valence-corrected chi connectivity index (χ4v) is 6.23. The van der Waals surface area contributed by atoms with Gasteiger partial charge < -0.3 is 10.2 Å². The molecule has 2 fully saturated rings. The van der Waals surface area contributed by atoms with Gasteiger partial charge in [0.15, 0.2) is 0 Å². The number of carbonyl (C=O) groups is 2. The number of carbonyl (C=O) groups excluding carboxylic acids is 2. The topological polar surface area (TPSA) is 86.8 Å². The van der Waals surface area contributed by atoms with Crippen molar-refractivity contribution in [3.8, 4) is 0 Å². The van der Waals surface area contributed by atoms with E-state index in [1.807, 2.05) is 25.7 Å². The number of amides is 2. The molecule has 2 aliphatic rings. The Balaban J connectivity index is 2.01. The van der Waals surface area contributed by atoms with E-state index in [0.29, 0.717) is 58.3 Å². The zero-order valence-corrected chi connectivity index (χ0v) is 19.2. The molecule has 1 heterocycles. The summed E-state index contributed by atoms with van der Waals surface area (Å²) in [6, 6.07) is 0. The Morgan fingerprint density at radius 2 is 1.62 bits per heavy atom. The Kier molecular flexibility index (Phi) is 8.94. The van der Waals surface area contributed by atoms with Gasteiger partial charge in [-0.1, -0.05) is 32.6 Å². The fraction of sp³-hybridized carbons (Fsp3) is 0.905. The molecule has 1 aliphatic carbocycles. The lowest BCUT2D eigenvalue weighted by molar-refractivity contribution is -0.144. The summed E-state index contributed by atoms with van der Waals surface area (Å²) in [6.07, 6.45) is 6.93. The van der Waals surface area contributed by atoms with E-state index >= 15 is 0 Å². The number of unbranched alkanes of at least 4 members (excludes halogenated alkanes) is 1. The molecule has 1 saturated carbocycles. The van der Waals surface area contributed by atoms with Crippen LogP contribution in [0.2, 0.25) is 0 Å². The minimum Gasteiger partial charge on any atom is -0.341 e. The molecule has 0 aromatic heterocycles. The summed E-state index contributed by atoms with van der Waals surface area (Å²) in [5.74, 6) is -0.0916. The minimum atomic E-state index is -3.22. The second-order valence-electron chi connectivity index (χ2n) is 8.45. The predicted molar refractivity (Wildman–Crippen MR) is 115 cm³/mol. The summed E-state index contributed by atoms with van der Waals surface area (Å²) in [5, 5.41) is 3.14. The van der Waals surface area contributed by atoms with E-state index < -0.39 is 15.6 Å². The molecule has 0 aromatic carbocycles. The van der Waals surface area contributed by atoms with E-state index in [0.717, 1.165) is 25.7 Å².